The molecule has 1 unspecified atom stereocenters. The Balaban J connectivity index is 1.85. The van der Waals surface area contributed by atoms with Crippen LogP contribution in [0.25, 0.3) is 0 Å². The molecule has 0 radical (unpaired) electrons. The highest BCUT2D eigenvalue weighted by Gasteiger charge is 2.28. The average molecular weight is 307 g/mol. The van der Waals surface area contributed by atoms with E-state index in [-0.39, 0.29) is 25.7 Å². The summed E-state index contributed by atoms with van der Waals surface area (Å²) in [6.07, 6.45) is -0.956. The maximum absolute atomic E-state index is 12.1. The smallest absolute Gasteiger partial charge is 0.334 e. The largest absolute Gasteiger partial charge is 0.484 e. The number of amides is 1. The number of aliphatic carboxylic acids is 1. The van der Waals surface area contributed by atoms with Crippen LogP contribution < -0.4 is 4.74 Å². The van der Waals surface area contributed by atoms with Crippen molar-refractivity contribution in [2.45, 2.75) is 25.9 Å². The van der Waals surface area contributed by atoms with Crippen LogP contribution in [0.3, 0.4) is 0 Å². The molecular formula is C16H21NO5. The summed E-state index contributed by atoms with van der Waals surface area (Å²) in [6, 6.07) is 7.61. The lowest BCUT2D eigenvalue weighted by Crippen LogP contribution is -2.49. The molecule has 6 nitrogen and oxygen atoms in total. The Bertz CT molecular complexity index is 526. The van der Waals surface area contributed by atoms with Gasteiger partial charge in [0, 0.05) is 6.54 Å². The van der Waals surface area contributed by atoms with Crippen LogP contribution in [0, 0.1) is 0 Å². The van der Waals surface area contributed by atoms with E-state index in [4.69, 9.17) is 14.6 Å². The molecule has 22 heavy (non-hydrogen) atoms. The monoisotopic (exact) mass is 307 g/mol. The number of hydrogen-bond acceptors (Lipinski definition) is 4. The maximum atomic E-state index is 12.1. The molecule has 0 aliphatic carbocycles. The van der Waals surface area contributed by atoms with E-state index in [9.17, 15) is 9.59 Å². The van der Waals surface area contributed by atoms with Crippen LogP contribution in [0.2, 0.25) is 0 Å². The second-order valence-electron chi connectivity index (χ2n) is 5.55. The Morgan fingerprint density at radius 2 is 2.05 bits per heavy atom. The van der Waals surface area contributed by atoms with Crippen molar-refractivity contribution < 1.29 is 24.2 Å². The molecule has 1 aromatic carbocycles. The number of carboxylic acids is 1. The van der Waals surface area contributed by atoms with Crippen LogP contribution in [0.15, 0.2) is 24.3 Å². The summed E-state index contributed by atoms with van der Waals surface area (Å²) in [5.74, 6) is -0.219. The summed E-state index contributed by atoms with van der Waals surface area (Å²) in [6.45, 7) is 4.79. The molecule has 0 aromatic heterocycles. The summed E-state index contributed by atoms with van der Waals surface area (Å²) in [4.78, 5) is 24.4. The predicted octanol–water partition coefficient (Wildman–Crippen LogP) is 1.50. The molecule has 1 aliphatic heterocycles. The molecule has 1 N–H and O–H groups in total. The Hall–Kier alpha value is -2.08. The lowest BCUT2D eigenvalue weighted by Gasteiger charge is -2.30. The number of carbonyl (C=O) groups is 2. The standard InChI is InChI=1S/C16H21NO5/c1-11(2)12-3-5-13(6-4-12)22-10-15(18)17-7-8-21-14(9-17)16(19)20/h3-6,11,14H,7-10H2,1-2H3,(H,19,20). The van der Waals surface area contributed by atoms with Crippen molar-refractivity contribution in [1.82, 2.24) is 4.90 Å². The number of carboxylic acid groups (broad SMARTS) is 1. The van der Waals surface area contributed by atoms with Gasteiger partial charge in [0.05, 0.1) is 13.2 Å². The Kier molecular flexibility index (Phi) is 5.38. The molecule has 1 atom stereocenters. The van der Waals surface area contributed by atoms with Gasteiger partial charge in [-0.15, -0.1) is 0 Å². The molecular weight excluding hydrogens is 286 g/mol. The number of ether oxygens (including phenoxy) is 2. The first-order chi connectivity index (χ1) is 10.5. The predicted molar refractivity (Wildman–Crippen MR) is 80.0 cm³/mol. The van der Waals surface area contributed by atoms with Crippen molar-refractivity contribution in [3.8, 4) is 5.75 Å². The molecule has 1 saturated heterocycles. The number of benzene rings is 1. The average Bonchev–Trinajstić information content (AvgIpc) is 2.53. The molecule has 120 valence electrons. The summed E-state index contributed by atoms with van der Waals surface area (Å²) < 4.78 is 10.6. The third kappa shape index (κ3) is 4.21. The third-order valence-corrected chi connectivity index (χ3v) is 3.60. The molecule has 1 fully saturated rings. The maximum Gasteiger partial charge on any atom is 0.334 e. The van der Waals surface area contributed by atoms with E-state index in [1.54, 1.807) is 0 Å². The van der Waals surface area contributed by atoms with E-state index in [1.807, 2.05) is 24.3 Å². The lowest BCUT2D eigenvalue weighted by atomic mass is 10.0. The van der Waals surface area contributed by atoms with Crippen LogP contribution in [-0.2, 0) is 14.3 Å². The topological polar surface area (TPSA) is 76.1 Å². The van der Waals surface area contributed by atoms with Gasteiger partial charge in [0.1, 0.15) is 5.75 Å². The highest BCUT2D eigenvalue weighted by atomic mass is 16.5. The first kappa shape index (κ1) is 16.3. The molecule has 6 heteroatoms. The van der Waals surface area contributed by atoms with Gasteiger partial charge in [-0.1, -0.05) is 26.0 Å². The molecule has 0 saturated carbocycles. The second kappa shape index (κ2) is 7.26. The molecule has 1 aliphatic rings. The van der Waals surface area contributed by atoms with Crippen molar-refractivity contribution in [3.63, 3.8) is 0 Å². The minimum Gasteiger partial charge on any atom is -0.484 e. The summed E-state index contributed by atoms with van der Waals surface area (Å²) in [5, 5.41) is 8.92. The SMILES string of the molecule is CC(C)c1ccc(OCC(=O)N2CCOC(C(=O)O)C2)cc1. The van der Waals surface area contributed by atoms with Gasteiger partial charge in [-0.05, 0) is 23.6 Å². The lowest BCUT2D eigenvalue weighted by molar-refractivity contribution is -0.159. The summed E-state index contributed by atoms with van der Waals surface area (Å²) in [7, 11) is 0. The minimum atomic E-state index is -1.05. The fraction of sp³-hybridized carbons (Fsp3) is 0.500. The molecule has 0 bridgehead atoms. The van der Waals surface area contributed by atoms with Crippen LogP contribution in [0.4, 0.5) is 0 Å². The summed E-state index contributed by atoms with van der Waals surface area (Å²) >= 11 is 0. The van der Waals surface area contributed by atoms with Gasteiger partial charge in [0.2, 0.25) is 0 Å². The van der Waals surface area contributed by atoms with Gasteiger partial charge in [-0.2, -0.15) is 0 Å². The first-order valence-electron chi connectivity index (χ1n) is 7.32. The van der Waals surface area contributed by atoms with E-state index in [1.165, 1.54) is 10.5 Å². The van der Waals surface area contributed by atoms with Crippen molar-refractivity contribution in [2.24, 2.45) is 0 Å². The van der Waals surface area contributed by atoms with E-state index >= 15 is 0 Å². The molecule has 1 aromatic rings. The number of morpholine rings is 1. The van der Waals surface area contributed by atoms with Gasteiger partial charge >= 0.3 is 5.97 Å². The van der Waals surface area contributed by atoms with E-state index in [0.29, 0.717) is 18.2 Å². The number of rotatable bonds is 5. The van der Waals surface area contributed by atoms with Crippen molar-refractivity contribution in [2.75, 3.05) is 26.3 Å². The zero-order valence-electron chi connectivity index (χ0n) is 12.8. The second-order valence-corrected chi connectivity index (χ2v) is 5.55. The van der Waals surface area contributed by atoms with E-state index in [2.05, 4.69) is 13.8 Å². The number of hydrogen-bond donors (Lipinski definition) is 1. The first-order valence-corrected chi connectivity index (χ1v) is 7.32. The van der Waals surface area contributed by atoms with Crippen LogP contribution >= 0.6 is 0 Å². The Morgan fingerprint density at radius 3 is 2.64 bits per heavy atom. The molecule has 0 spiro atoms. The van der Waals surface area contributed by atoms with E-state index < -0.39 is 12.1 Å². The third-order valence-electron chi connectivity index (χ3n) is 3.60. The zero-order chi connectivity index (χ0) is 16.1. The van der Waals surface area contributed by atoms with Crippen LogP contribution in [-0.4, -0.2) is 54.3 Å². The van der Waals surface area contributed by atoms with Gasteiger partial charge < -0.3 is 19.5 Å². The minimum absolute atomic E-state index is 0.0593. The zero-order valence-corrected chi connectivity index (χ0v) is 12.8. The highest BCUT2D eigenvalue weighted by molar-refractivity contribution is 5.79. The molecule has 1 heterocycles. The van der Waals surface area contributed by atoms with Gasteiger partial charge in [-0.25, -0.2) is 4.79 Å². The van der Waals surface area contributed by atoms with E-state index in [0.717, 1.165) is 0 Å². The summed E-state index contributed by atoms with van der Waals surface area (Å²) in [5.41, 5.74) is 1.20. The Morgan fingerprint density at radius 1 is 1.36 bits per heavy atom. The number of nitrogens with zero attached hydrogens (tertiary/aromatic N) is 1. The highest BCUT2D eigenvalue weighted by Crippen LogP contribution is 2.18. The quantitative estimate of drug-likeness (QED) is 0.892. The van der Waals surface area contributed by atoms with Crippen LogP contribution in [0.1, 0.15) is 25.3 Å². The Labute approximate surface area is 129 Å². The molecule has 1 amide bonds. The van der Waals surface area contributed by atoms with Gasteiger partial charge in [0.25, 0.3) is 5.91 Å². The fourth-order valence-corrected chi connectivity index (χ4v) is 2.21. The van der Waals surface area contributed by atoms with Gasteiger partial charge in [0.15, 0.2) is 12.7 Å². The number of carbonyl (C=O) groups excluding carboxylic acids is 1. The fourth-order valence-electron chi connectivity index (χ4n) is 2.21. The molecule has 2 rings (SSSR count). The normalized spacial score (nSPS) is 18.3. The van der Waals surface area contributed by atoms with Gasteiger partial charge in [-0.3, -0.25) is 4.79 Å². The van der Waals surface area contributed by atoms with Crippen LogP contribution in [0.5, 0.6) is 5.75 Å². The van der Waals surface area contributed by atoms with Crippen molar-refractivity contribution in [3.05, 3.63) is 29.8 Å². The van der Waals surface area contributed by atoms with Crippen molar-refractivity contribution in [1.29, 1.82) is 0 Å². The van der Waals surface area contributed by atoms with Crippen molar-refractivity contribution >= 4 is 11.9 Å².